The second-order valence-electron chi connectivity index (χ2n) is 6.40. The van der Waals surface area contributed by atoms with Crippen molar-refractivity contribution in [1.82, 2.24) is 14.7 Å². The van der Waals surface area contributed by atoms with Gasteiger partial charge in [-0.15, -0.1) is 5.10 Å². The zero-order valence-electron chi connectivity index (χ0n) is 14.5. The van der Waals surface area contributed by atoms with Crippen LogP contribution < -0.4 is 4.90 Å². The van der Waals surface area contributed by atoms with E-state index in [9.17, 15) is 8.78 Å². The molecule has 2 aromatic carbocycles. The fourth-order valence-corrected chi connectivity index (χ4v) is 3.27. The van der Waals surface area contributed by atoms with E-state index in [1.807, 2.05) is 0 Å². The topological polar surface area (TPSA) is 37.4 Å². The van der Waals surface area contributed by atoms with Gasteiger partial charge in [-0.05, 0) is 60.7 Å². The van der Waals surface area contributed by atoms with Gasteiger partial charge in [0.25, 0.3) is 4.84 Å². The Labute approximate surface area is 160 Å². The summed E-state index contributed by atoms with van der Waals surface area (Å²) in [6.45, 7) is 3.86. The van der Waals surface area contributed by atoms with E-state index in [-0.39, 0.29) is 16.5 Å². The average molecular weight is 388 g/mol. The highest BCUT2D eigenvalue weighted by Crippen LogP contribution is 2.20. The van der Waals surface area contributed by atoms with Gasteiger partial charge in [0.05, 0.1) is 6.67 Å². The summed E-state index contributed by atoms with van der Waals surface area (Å²) in [6, 6.07) is 12.5. The molecule has 27 heavy (non-hydrogen) atoms. The van der Waals surface area contributed by atoms with Crippen molar-refractivity contribution in [3.05, 3.63) is 65.0 Å². The van der Waals surface area contributed by atoms with Gasteiger partial charge in [0.1, 0.15) is 11.6 Å². The van der Waals surface area contributed by atoms with E-state index in [1.165, 1.54) is 24.3 Å². The van der Waals surface area contributed by atoms with Gasteiger partial charge in [-0.25, -0.2) is 13.5 Å². The molecule has 1 aliphatic heterocycles. The summed E-state index contributed by atoms with van der Waals surface area (Å²) in [5.41, 5.74) is 1.70. The number of hydrogen-bond donors (Lipinski definition) is 0. The number of benzene rings is 2. The van der Waals surface area contributed by atoms with E-state index >= 15 is 0 Å². The first-order valence-electron chi connectivity index (χ1n) is 8.65. The van der Waals surface area contributed by atoms with Crippen molar-refractivity contribution < 1.29 is 13.2 Å². The molecule has 0 bridgehead atoms. The third-order valence-electron chi connectivity index (χ3n) is 4.60. The van der Waals surface area contributed by atoms with Crippen molar-refractivity contribution in [1.29, 1.82) is 0 Å². The summed E-state index contributed by atoms with van der Waals surface area (Å²) in [5, 5.41) is 4.42. The van der Waals surface area contributed by atoms with E-state index in [2.05, 4.69) is 14.9 Å². The second-order valence-corrected chi connectivity index (χ2v) is 6.75. The van der Waals surface area contributed by atoms with Gasteiger partial charge in [0.15, 0.2) is 0 Å². The van der Waals surface area contributed by atoms with E-state index in [1.54, 1.807) is 28.9 Å². The molecular weight excluding hydrogens is 370 g/mol. The first-order chi connectivity index (χ1) is 13.1. The van der Waals surface area contributed by atoms with Crippen molar-refractivity contribution in [3.63, 3.8) is 0 Å². The van der Waals surface area contributed by atoms with Crippen LogP contribution in [0.15, 0.2) is 52.9 Å². The minimum absolute atomic E-state index is 0.227. The minimum Gasteiger partial charge on any atom is -0.409 e. The molecule has 8 heteroatoms. The number of rotatable bonds is 4. The molecule has 0 N–H and O–H groups in total. The first kappa shape index (κ1) is 17.8. The second kappa shape index (κ2) is 7.58. The molecule has 0 radical (unpaired) electrons. The highest BCUT2D eigenvalue weighted by atomic mass is 32.1. The van der Waals surface area contributed by atoms with Crippen LogP contribution in [0.5, 0.6) is 0 Å². The van der Waals surface area contributed by atoms with Crippen LogP contribution in [0.2, 0.25) is 0 Å². The molecule has 4 rings (SSSR count). The van der Waals surface area contributed by atoms with Gasteiger partial charge >= 0.3 is 0 Å². The summed E-state index contributed by atoms with van der Waals surface area (Å²) >= 11 is 5.27. The smallest absolute Gasteiger partial charge is 0.288 e. The molecular formula is C19H18F2N4OS. The third-order valence-corrected chi connectivity index (χ3v) is 4.89. The van der Waals surface area contributed by atoms with Crippen LogP contribution in [0.25, 0.3) is 11.5 Å². The number of piperazine rings is 1. The Hall–Kier alpha value is -2.58. The largest absolute Gasteiger partial charge is 0.409 e. The number of aromatic nitrogens is 2. The van der Waals surface area contributed by atoms with E-state index in [0.717, 1.165) is 31.9 Å². The lowest BCUT2D eigenvalue weighted by Crippen LogP contribution is -2.46. The number of hydrogen-bond acceptors (Lipinski definition) is 5. The van der Waals surface area contributed by atoms with Gasteiger partial charge in [0, 0.05) is 37.4 Å². The molecule has 1 aliphatic rings. The van der Waals surface area contributed by atoms with Gasteiger partial charge in [0.2, 0.25) is 5.89 Å². The number of anilines is 1. The van der Waals surface area contributed by atoms with E-state index in [0.29, 0.717) is 18.1 Å². The molecule has 0 unspecified atom stereocenters. The molecule has 0 amide bonds. The maximum atomic E-state index is 13.1. The standard InChI is InChI=1S/C19H18F2N4OS/c20-15-3-1-14(2-4-15)18-22-25(19(27)26-18)13-23-9-11-24(12-10-23)17-7-5-16(21)6-8-17/h1-8H,9-13H2. The SMILES string of the molecule is Fc1ccc(-c2nn(CN3CCN(c4ccc(F)cc4)CC3)c(=S)o2)cc1. The molecule has 0 aliphatic carbocycles. The monoisotopic (exact) mass is 388 g/mol. The Kier molecular flexibility index (Phi) is 5.00. The van der Waals surface area contributed by atoms with Crippen molar-refractivity contribution in [2.45, 2.75) is 6.67 Å². The van der Waals surface area contributed by atoms with Crippen LogP contribution in [0, 0.1) is 16.5 Å². The van der Waals surface area contributed by atoms with Crippen LogP contribution in [0.1, 0.15) is 0 Å². The molecule has 0 saturated carbocycles. The van der Waals surface area contributed by atoms with Crippen LogP contribution >= 0.6 is 12.2 Å². The highest BCUT2D eigenvalue weighted by molar-refractivity contribution is 7.71. The summed E-state index contributed by atoms with van der Waals surface area (Å²) in [7, 11) is 0. The van der Waals surface area contributed by atoms with E-state index in [4.69, 9.17) is 16.6 Å². The average Bonchev–Trinajstić information content (AvgIpc) is 3.04. The molecule has 3 aromatic rings. The lowest BCUT2D eigenvalue weighted by molar-refractivity contribution is 0.192. The van der Waals surface area contributed by atoms with Crippen LogP contribution in [0.4, 0.5) is 14.5 Å². The zero-order valence-corrected chi connectivity index (χ0v) is 15.3. The fourth-order valence-electron chi connectivity index (χ4n) is 3.09. The molecule has 1 saturated heterocycles. The quantitative estimate of drug-likeness (QED) is 0.633. The molecule has 5 nitrogen and oxygen atoms in total. The van der Waals surface area contributed by atoms with E-state index < -0.39 is 0 Å². The van der Waals surface area contributed by atoms with Gasteiger partial charge in [-0.1, -0.05) is 0 Å². The van der Waals surface area contributed by atoms with Gasteiger partial charge < -0.3 is 9.32 Å². The van der Waals surface area contributed by atoms with Crippen molar-refractivity contribution >= 4 is 17.9 Å². The van der Waals surface area contributed by atoms with Crippen molar-refractivity contribution in [3.8, 4) is 11.5 Å². The van der Waals surface area contributed by atoms with Gasteiger partial charge in [-0.2, -0.15) is 0 Å². The molecule has 2 heterocycles. The predicted molar refractivity (Wildman–Crippen MR) is 101 cm³/mol. The lowest BCUT2D eigenvalue weighted by Gasteiger charge is -2.35. The van der Waals surface area contributed by atoms with Crippen LogP contribution in [-0.4, -0.2) is 40.9 Å². The Morgan fingerprint density at radius 3 is 2.11 bits per heavy atom. The predicted octanol–water partition coefficient (Wildman–Crippen LogP) is 3.93. The van der Waals surface area contributed by atoms with Gasteiger partial charge in [-0.3, -0.25) is 4.90 Å². The third kappa shape index (κ3) is 4.06. The number of halogens is 2. The zero-order chi connectivity index (χ0) is 18.8. The highest BCUT2D eigenvalue weighted by Gasteiger charge is 2.19. The molecule has 1 fully saturated rings. The molecule has 0 spiro atoms. The van der Waals surface area contributed by atoms with Crippen molar-refractivity contribution in [2.24, 2.45) is 0 Å². The fraction of sp³-hybridized carbons (Fsp3) is 0.263. The maximum absolute atomic E-state index is 13.1. The molecule has 140 valence electrons. The Balaban J connectivity index is 1.40. The number of nitrogens with zero attached hydrogens (tertiary/aromatic N) is 4. The summed E-state index contributed by atoms with van der Waals surface area (Å²) in [6.07, 6.45) is 0. The Bertz CT molecular complexity index is 961. The minimum atomic E-state index is -0.309. The van der Waals surface area contributed by atoms with Crippen LogP contribution in [-0.2, 0) is 6.67 Å². The summed E-state index contributed by atoms with van der Waals surface area (Å²) in [4.78, 5) is 4.74. The lowest BCUT2D eigenvalue weighted by atomic mass is 10.2. The molecule has 1 aromatic heterocycles. The van der Waals surface area contributed by atoms with Crippen molar-refractivity contribution in [2.75, 3.05) is 31.1 Å². The Morgan fingerprint density at radius 1 is 0.889 bits per heavy atom. The molecule has 0 atom stereocenters. The summed E-state index contributed by atoms with van der Waals surface area (Å²) < 4.78 is 33.3. The normalized spacial score (nSPS) is 15.3. The maximum Gasteiger partial charge on any atom is 0.288 e. The van der Waals surface area contributed by atoms with Crippen LogP contribution in [0.3, 0.4) is 0 Å². The Morgan fingerprint density at radius 2 is 1.48 bits per heavy atom. The first-order valence-corrected chi connectivity index (χ1v) is 9.06. The summed E-state index contributed by atoms with van der Waals surface area (Å²) in [5.74, 6) is -0.157.